The van der Waals surface area contributed by atoms with E-state index in [0.717, 1.165) is 64.1 Å². The van der Waals surface area contributed by atoms with Gasteiger partial charge in [0.15, 0.2) is 5.96 Å². The van der Waals surface area contributed by atoms with Gasteiger partial charge in [-0.25, -0.2) is 0 Å². The molecule has 1 aromatic rings. The number of ether oxygens (including phenoxy) is 1. The van der Waals surface area contributed by atoms with Crippen LogP contribution in [0, 0.1) is 5.92 Å². The minimum absolute atomic E-state index is 0. The molecule has 0 saturated carbocycles. The molecule has 1 N–H and O–H groups in total. The zero-order valence-corrected chi connectivity index (χ0v) is 20.7. The largest absolute Gasteiger partial charge is 0.381 e. The van der Waals surface area contributed by atoms with Crippen molar-refractivity contribution in [1.29, 1.82) is 0 Å². The standard InChI is InChI=1S/C23H38N4O.HI/c1-4-24-22(25-19-23(26(2)3)12-16-28-17-13-23)27-14-10-21(11-15-27)18-20-8-6-5-7-9-20;/h5-9,21H,4,10-19H2,1-3H3,(H,24,25);1H. The van der Waals surface area contributed by atoms with E-state index >= 15 is 0 Å². The molecule has 5 nitrogen and oxygen atoms in total. The van der Waals surface area contributed by atoms with Gasteiger partial charge in [-0.15, -0.1) is 24.0 Å². The molecular weight excluding hydrogens is 475 g/mol. The van der Waals surface area contributed by atoms with Crippen molar-refractivity contribution in [2.24, 2.45) is 10.9 Å². The zero-order valence-electron chi connectivity index (χ0n) is 18.4. The number of likely N-dealkylation sites (tertiary alicyclic amines) is 1. The summed E-state index contributed by atoms with van der Waals surface area (Å²) in [5, 5.41) is 3.54. The predicted octanol–water partition coefficient (Wildman–Crippen LogP) is 3.64. The summed E-state index contributed by atoms with van der Waals surface area (Å²) in [6, 6.07) is 10.9. The highest BCUT2D eigenvalue weighted by Crippen LogP contribution is 2.27. The molecule has 0 aromatic heterocycles. The Bertz CT molecular complexity index is 609. The molecule has 164 valence electrons. The summed E-state index contributed by atoms with van der Waals surface area (Å²) < 4.78 is 5.60. The lowest BCUT2D eigenvalue weighted by Gasteiger charge is -2.42. The van der Waals surface area contributed by atoms with Crippen LogP contribution in [0.2, 0.25) is 0 Å². The number of nitrogens with zero attached hydrogens (tertiary/aromatic N) is 3. The monoisotopic (exact) mass is 514 g/mol. The lowest BCUT2D eigenvalue weighted by atomic mass is 9.89. The highest BCUT2D eigenvalue weighted by molar-refractivity contribution is 14.0. The first kappa shape index (κ1) is 24.4. The summed E-state index contributed by atoms with van der Waals surface area (Å²) in [5.74, 6) is 1.87. The van der Waals surface area contributed by atoms with Gasteiger partial charge in [-0.05, 0) is 64.6 Å². The first-order chi connectivity index (χ1) is 13.6. The summed E-state index contributed by atoms with van der Waals surface area (Å²) in [7, 11) is 4.37. The molecule has 29 heavy (non-hydrogen) atoms. The second-order valence-electron chi connectivity index (χ2n) is 8.52. The molecule has 2 heterocycles. The van der Waals surface area contributed by atoms with Crippen LogP contribution in [0.3, 0.4) is 0 Å². The Hall–Kier alpha value is -0.860. The quantitative estimate of drug-likeness (QED) is 0.358. The first-order valence-corrected chi connectivity index (χ1v) is 11.0. The molecular formula is C23H39IN4O. The van der Waals surface area contributed by atoms with Gasteiger partial charge >= 0.3 is 0 Å². The fourth-order valence-electron chi connectivity index (χ4n) is 4.44. The average molecular weight is 514 g/mol. The molecule has 2 aliphatic heterocycles. The maximum Gasteiger partial charge on any atom is 0.193 e. The molecule has 2 fully saturated rings. The number of guanidine groups is 1. The van der Waals surface area contributed by atoms with Crippen LogP contribution in [0.4, 0.5) is 0 Å². The second-order valence-corrected chi connectivity index (χ2v) is 8.52. The van der Waals surface area contributed by atoms with E-state index in [1.165, 1.54) is 24.8 Å². The van der Waals surface area contributed by atoms with Gasteiger partial charge in [-0.2, -0.15) is 0 Å². The number of rotatable bonds is 6. The van der Waals surface area contributed by atoms with Crippen molar-refractivity contribution in [3.05, 3.63) is 35.9 Å². The Morgan fingerprint density at radius 3 is 2.41 bits per heavy atom. The van der Waals surface area contributed by atoms with Gasteiger partial charge in [0.2, 0.25) is 0 Å². The normalized spacial score (nSPS) is 20.4. The Labute approximate surface area is 194 Å². The van der Waals surface area contributed by atoms with E-state index in [-0.39, 0.29) is 29.5 Å². The lowest BCUT2D eigenvalue weighted by Crippen LogP contribution is -2.52. The smallest absolute Gasteiger partial charge is 0.193 e. The van der Waals surface area contributed by atoms with Gasteiger partial charge in [0.1, 0.15) is 0 Å². The second kappa shape index (κ2) is 12.1. The molecule has 2 saturated heterocycles. The number of likely N-dealkylation sites (N-methyl/N-ethyl adjacent to an activating group) is 1. The van der Waals surface area contributed by atoms with E-state index in [4.69, 9.17) is 9.73 Å². The van der Waals surface area contributed by atoms with Crippen LogP contribution in [-0.4, -0.2) is 74.8 Å². The fraction of sp³-hybridized carbons (Fsp3) is 0.696. The molecule has 3 rings (SSSR count). The summed E-state index contributed by atoms with van der Waals surface area (Å²) in [6.07, 6.45) is 5.80. The SMILES string of the molecule is CCNC(=NCC1(N(C)C)CCOCC1)N1CCC(Cc2ccccc2)CC1.I. The third-order valence-electron chi connectivity index (χ3n) is 6.51. The van der Waals surface area contributed by atoms with Crippen LogP contribution in [0.25, 0.3) is 0 Å². The lowest BCUT2D eigenvalue weighted by molar-refractivity contribution is -0.00266. The van der Waals surface area contributed by atoms with Crippen molar-refractivity contribution in [2.45, 2.75) is 44.6 Å². The average Bonchev–Trinajstić information content (AvgIpc) is 2.73. The van der Waals surface area contributed by atoms with Crippen molar-refractivity contribution in [1.82, 2.24) is 15.1 Å². The Morgan fingerprint density at radius 1 is 1.17 bits per heavy atom. The predicted molar refractivity (Wildman–Crippen MR) is 132 cm³/mol. The molecule has 0 atom stereocenters. The van der Waals surface area contributed by atoms with Crippen molar-refractivity contribution in [2.75, 3.05) is 53.5 Å². The van der Waals surface area contributed by atoms with Gasteiger partial charge in [-0.3, -0.25) is 4.99 Å². The molecule has 0 spiro atoms. The Balaban J connectivity index is 0.00000300. The van der Waals surface area contributed by atoms with Gasteiger partial charge < -0.3 is 19.9 Å². The van der Waals surface area contributed by atoms with Crippen molar-refractivity contribution in [3.63, 3.8) is 0 Å². The maximum absolute atomic E-state index is 5.60. The molecule has 0 amide bonds. The van der Waals surface area contributed by atoms with Crippen LogP contribution in [-0.2, 0) is 11.2 Å². The molecule has 1 aromatic carbocycles. The number of hydrogen-bond donors (Lipinski definition) is 1. The van der Waals surface area contributed by atoms with E-state index in [2.05, 4.69) is 66.5 Å². The molecule has 0 bridgehead atoms. The number of piperidine rings is 1. The highest BCUT2D eigenvalue weighted by Gasteiger charge is 2.35. The number of halogens is 1. The summed E-state index contributed by atoms with van der Waals surface area (Å²) in [5.41, 5.74) is 1.60. The van der Waals surface area contributed by atoms with Crippen molar-refractivity contribution in [3.8, 4) is 0 Å². The third kappa shape index (κ3) is 6.82. The van der Waals surface area contributed by atoms with E-state index in [1.807, 2.05) is 0 Å². The molecule has 2 aliphatic rings. The van der Waals surface area contributed by atoms with Gasteiger partial charge in [-0.1, -0.05) is 30.3 Å². The van der Waals surface area contributed by atoms with E-state index in [0.29, 0.717) is 0 Å². The van der Waals surface area contributed by atoms with E-state index < -0.39 is 0 Å². The summed E-state index contributed by atoms with van der Waals surface area (Å²) in [4.78, 5) is 9.92. The van der Waals surface area contributed by atoms with Crippen molar-refractivity contribution < 1.29 is 4.74 Å². The fourth-order valence-corrected chi connectivity index (χ4v) is 4.44. The minimum atomic E-state index is 0. The maximum atomic E-state index is 5.60. The minimum Gasteiger partial charge on any atom is -0.381 e. The number of benzene rings is 1. The van der Waals surface area contributed by atoms with E-state index in [1.54, 1.807) is 0 Å². The highest BCUT2D eigenvalue weighted by atomic mass is 127. The Kier molecular flexibility index (Phi) is 10.2. The van der Waals surface area contributed by atoms with Gasteiger partial charge in [0.25, 0.3) is 0 Å². The third-order valence-corrected chi connectivity index (χ3v) is 6.51. The van der Waals surface area contributed by atoms with E-state index in [9.17, 15) is 0 Å². The molecule has 0 radical (unpaired) electrons. The molecule has 6 heteroatoms. The Morgan fingerprint density at radius 2 is 1.83 bits per heavy atom. The summed E-state index contributed by atoms with van der Waals surface area (Å²) >= 11 is 0. The van der Waals surface area contributed by atoms with Crippen molar-refractivity contribution >= 4 is 29.9 Å². The van der Waals surface area contributed by atoms with Crippen LogP contribution in [0.15, 0.2) is 35.3 Å². The zero-order chi connectivity index (χ0) is 19.8. The van der Waals surface area contributed by atoms with Crippen LogP contribution in [0.1, 0.15) is 38.2 Å². The topological polar surface area (TPSA) is 40.1 Å². The number of hydrogen-bond acceptors (Lipinski definition) is 3. The summed E-state index contributed by atoms with van der Waals surface area (Å²) in [6.45, 7) is 7.80. The van der Waals surface area contributed by atoms with Crippen LogP contribution < -0.4 is 5.32 Å². The van der Waals surface area contributed by atoms with Crippen LogP contribution >= 0.6 is 24.0 Å². The first-order valence-electron chi connectivity index (χ1n) is 11.0. The number of aliphatic imine (C=N–C) groups is 1. The van der Waals surface area contributed by atoms with Gasteiger partial charge in [0.05, 0.1) is 6.54 Å². The molecule has 0 unspecified atom stereocenters. The number of nitrogens with one attached hydrogen (secondary N) is 1. The van der Waals surface area contributed by atoms with Gasteiger partial charge in [0, 0.05) is 38.4 Å². The molecule has 0 aliphatic carbocycles. The van der Waals surface area contributed by atoms with Crippen LogP contribution in [0.5, 0.6) is 0 Å².